The van der Waals surface area contributed by atoms with Gasteiger partial charge in [-0.25, -0.2) is 4.98 Å². The largest absolute Gasteiger partial charge is 0.383 e. The third-order valence-corrected chi connectivity index (χ3v) is 4.09. The molecule has 1 aromatic heterocycles. The van der Waals surface area contributed by atoms with Gasteiger partial charge in [0, 0.05) is 5.39 Å². The van der Waals surface area contributed by atoms with Crippen molar-refractivity contribution in [1.82, 2.24) is 4.98 Å². The van der Waals surface area contributed by atoms with Crippen LogP contribution in [-0.2, 0) is 5.41 Å². The van der Waals surface area contributed by atoms with E-state index in [0.29, 0.717) is 5.82 Å². The molecular weight excluding hydrogens is 288 g/mol. The summed E-state index contributed by atoms with van der Waals surface area (Å²) in [5, 5.41) is 1.12. The van der Waals surface area contributed by atoms with E-state index in [-0.39, 0.29) is 5.41 Å². The van der Waals surface area contributed by atoms with E-state index in [9.17, 15) is 0 Å². The molecule has 2 N–H and O–H groups in total. The van der Waals surface area contributed by atoms with Gasteiger partial charge in [0.1, 0.15) is 5.82 Å². The zero-order valence-electron chi connectivity index (χ0n) is 11.1. The van der Waals surface area contributed by atoms with Gasteiger partial charge < -0.3 is 5.73 Å². The fourth-order valence-electron chi connectivity index (χ4n) is 2.35. The van der Waals surface area contributed by atoms with E-state index in [1.165, 1.54) is 18.4 Å². The van der Waals surface area contributed by atoms with E-state index in [1.54, 1.807) is 0 Å². The first-order chi connectivity index (χ1) is 8.44. The molecule has 0 bridgehead atoms. The molecule has 3 heteroatoms. The monoisotopic (exact) mass is 306 g/mol. The molecule has 2 aromatic rings. The fraction of sp³-hybridized carbons (Fsp3) is 0.400. The van der Waals surface area contributed by atoms with Crippen molar-refractivity contribution in [1.29, 1.82) is 0 Å². The summed E-state index contributed by atoms with van der Waals surface area (Å²) in [5.41, 5.74) is 8.33. The molecule has 0 fully saturated rings. The Kier molecular flexibility index (Phi) is 3.62. The Morgan fingerprint density at radius 1 is 1.28 bits per heavy atom. The van der Waals surface area contributed by atoms with Crippen LogP contribution in [0.4, 0.5) is 5.82 Å². The van der Waals surface area contributed by atoms with E-state index in [0.717, 1.165) is 15.4 Å². The van der Waals surface area contributed by atoms with Crippen molar-refractivity contribution in [2.24, 2.45) is 0 Å². The third kappa shape index (κ3) is 2.51. The van der Waals surface area contributed by atoms with Crippen LogP contribution in [0.1, 0.15) is 39.2 Å². The van der Waals surface area contributed by atoms with Crippen LogP contribution in [-0.4, -0.2) is 4.98 Å². The Hall–Kier alpha value is -1.09. The minimum atomic E-state index is 0.187. The van der Waals surface area contributed by atoms with E-state index in [4.69, 9.17) is 5.73 Å². The molecule has 0 saturated carbocycles. The molecule has 96 valence electrons. The predicted molar refractivity (Wildman–Crippen MR) is 81.8 cm³/mol. The Labute approximate surface area is 117 Å². The molecule has 0 saturated heterocycles. The maximum atomic E-state index is 5.85. The van der Waals surface area contributed by atoms with Gasteiger partial charge in [0.15, 0.2) is 0 Å². The van der Waals surface area contributed by atoms with Gasteiger partial charge in [-0.15, -0.1) is 0 Å². The zero-order valence-corrected chi connectivity index (χ0v) is 12.7. The van der Waals surface area contributed by atoms with Gasteiger partial charge in [-0.05, 0) is 45.5 Å². The molecule has 0 spiro atoms. The Morgan fingerprint density at radius 2 is 2.00 bits per heavy atom. The molecule has 2 nitrogen and oxygen atoms in total. The molecule has 1 aromatic carbocycles. The molecule has 18 heavy (non-hydrogen) atoms. The highest BCUT2D eigenvalue weighted by atomic mass is 79.9. The summed E-state index contributed by atoms with van der Waals surface area (Å²) >= 11 is 3.41. The van der Waals surface area contributed by atoms with Gasteiger partial charge in [-0.3, -0.25) is 0 Å². The summed E-state index contributed by atoms with van der Waals surface area (Å²) in [6.07, 6.45) is 2.35. The molecule has 0 amide bonds. The van der Waals surface area contributed by atoms with Crippen molar-refractivity contribution in [3.05, 3.63) is 34.3 Å². The van der Waals surface area contributed by atoms with Crippen molar-refractivity contribution in [2.45, 2.75) is 39.0 Å². The molecule has 0 radical (unpaired) electrons. The number of hydrogen-bond donors (Lipinski definition) is 1. The van der Waals surface area contributed by atoms with Gasteiger partial charge in [-0.1, -0.05) is 39.3 Å². The van der Waals surface area contributed by atoms with Crippen LogP contribution in [0.15, 0.2) is 28.7 Å². The number of nitrogens with two attached hydrogens (primary N) is 1. The number of hydrogen-bond acceptors (Lipinski definition) is 2. The number of halogens is 1. The second-order valence-corrected chi connectivity index (χ2v) is 6.25. The fourth-order valence-corrected chi connectivity index (χ4v) is 2.68. The van der Waals surface area contributed by atoms with Crippen LogP contribution in [0.25, 0.3) is 10.9 Å². The molecule has 2 rings (SSSR count). The first-order valence-electron chi connectivity index (χ1n) is 6.30. The maximum Gasteiger partial charge on any atom is 0.138 e. The highest BCUT2D eigenvalue weighted by Gasteiger charge is 2.19. The third-order valence-electron chi connectivity index (χ3n) is 3.45. The van der Waals surface area contributed by atoms with E-state index < -0.39 is 0 Å². The predicted octanol–water partition coefficient (Wildman–Crippen LogP) is 4.66. The molecule has 0 unspecified atom stereocenters. The smallest absolute Gasteiger partial charge is 0.138 e. The van der Waals surface area contributed by atoms with Crippen LogP contribution >= 0.6 is 15.9 Å². The number of rotatable bonds is 3. The maximum absolute atomic E-state index is 5.85. The lowest BCUT2D eigenvalue weighted by molar-refractivity contribution is 0.473. The second kappa shape index (κ2) is 4.88. The Balaban J connectivity index is 2.53. The molecule has 0 aliphatic carbocycles. The van der Waals surface area contributed by atoms with Gasteiger partial charge in [-0.2, -0.15) is 0 Å². The number of fused-ring (bicyclic) bond motifs is 1. The summed E-state index contributed by atoms with van der Waals surface area (Å²) in [6.45, 7) is 6.77. The summed E-state index contributed by atoms with van der Waals surface area (Å²) in [6, 6.07) is 8.50. The van der Waals surface area contributed by atoms with Crippen molar-refractivity contribution < 1.29 is 0 Å². The lowest BCUT2D eigenvalue weighted by Crippen LogP contribution is -2.16. The highest BCUT2D eigenvalue weighted by molar-refractivity contribution is 9.10. The minimum absolute atomic E-state index is 0.187. The van der Waals surface area contributed by atoms with E-state index in [1.807, 2.05) is 6.07 Å². The lowest BCUT2D eigenvalue weighted by atomic mass is 9.80. The summed E-state index contributed by atoms with van der Waals surface area (Å²) < 4.78 is 0.857. The number of nitrogens with zero attached hydrogens (tertiary/aromatic N) is 1. The van der Waals surface area contributed by atoms with Gasteiger partial charge in [0.2, 0.25) is 0 Å². The topological polar surface area (TPSA) is 38.9 Å². The van der Waals surface area contributed by atoms with E-state index >= 15 is 0 Å². The molecule has 0 aliphatic heterocycles. The average molecular weight is 307 g/mol. The van der Waals surface area contributed by atoms with Crippen molar-refractivity contribution in [3.8, 4) is 0 Å². The number of benzene rings is 1. The van der Waals surface area contributed by atoms with Gasteiger partial charge in [0.25, 0.3) is 0 Å². The van der Waals surface area contributed by atoms with Crippen LogP contribution in [0.2, 0.25) is 0 Å². The number of pyridine rings is 1. The lowest BCUT2D eigenvalue weighted by Gasteiger charge is -2.25. The van der Waals surface area contributed by atoms with Crippen molar-refractivity contribution in [2.75, 3.05) is 5.73 Å². The van der Waals surface area contributed by atoms with Crippen LogP contribution in [0, 0.1) is 0 Å². The molecule has 0 aliphatic rings. The van der Waals surface area contributed by atoms with Gasteiger partial charge >= 0.3 is 0 Å². The minimum Gasteiger partial charge on any atom is -0.383 e. The SMILES string of the molecule is CCCC(C)(C)c1ccc2cc(Br)c(N)nc2c1. The molecule has 1 heterocycles. The quantitative estimate of drug-likeness (QED) is 0.896. The normalized spacial score (nSPS) is 12.0. The van der Waals surface area contributed by atoms with E-state index in [2.05, 4.69) is 59.9 Å². The summed E-state index contributed by atoms with van der Waals surface area (Å²) in [4.78, 5) is 4.44. The molecule has 0 atom stereocenters. The summed E-state index contributed by atoms with van der Waals surface area (Å²) in [7, 11) is 0. The Bertz CT molecular complexity index is 576. The first kappa shape index (κ1) is 13.3. The zero-order chi connectivity index (χ0) is 13.3. The second-order valence-electron chi connectivity index (χ2n) is 5.40. The van der Waals surface area contributed by atoms with Crippen LogP contribution in [0.5, 0.6) is 0 Å². The van der Waals surface area contributed by atoms with Crippen molar-refractivity contribution >= 4 is 32.7 Å². The average Bonchev–Trinajstić information content (AvgIpc) is 2.30. The van der Waals surface area contributed by atoms with Crippen molar-refractivity contribution in [3.63, 3.8) is 0 Å². The number of aromatic nitrogens is 1. The highest BCUT2D eigenvalue weighted by Crippen LogP contribution is 2.31. The van der Waals surface area contributed by atoms with Crippen LogP contribution in [0.3, 0.4) is 0 Å². The summed E-state index contributed by atoms with van der Waals surface area (Å²) in [5.74, 6) is 0.549. The number of nitrogen functional groups attached to an aromatic ring is 1. The van der Waals surface area contributed by atoms with Crippen LogP contribution < -0.4 is 5.73 Å². The number of anilines is 1. The molecular formula is C15H19BrN2. The van der Waals surface area contributed by atoms with Gasteiger partial charge in [0.05, 0.1) is 9.99 Å². The Morgan fingerprint density at radius 3 is 2.67 bits per heavy atom. The first-order valence-corrected chi connectivity index (χ1v) is 7.09. The standard InChI is InChI=1S/C15H19BrN2/c1-4-7-15(2,3)11-6-5-10-8-12(16)14(17)18-13(10)9-11/h5-6,8-9H,4,7H2,1-3H3,(H2,17,18).